The van der Waals surface area contributed by atoms with Crippen LogP contribution in [0.1, 0.15) is 59.9 Å². The van der Waals surface area contributed by atoms with E-state index in [2.05, 4.69) is 15.9 Å². The van der Waals surface area contributed by atoms with E-state index in [0.29, 0.717) is 17.9 Å². The summed E-state index contributed by atoms with van der Waals surface area (Å²) in [5.41, 5.74) is -1.53. The molecule has 2 rings (SSSR count). The average Bonchev–Trinajstić information content (AvgIpc) is 3.18. The molecular formula is C19H25BrClNO4. The summed E-state index contributed by atoms with van der Waals surface area (Å²) in [5, 5.41) is 0.530. The molecule has 0 aromatic heterocycles. The van der Waals surface area contributed by atoms with Crippen LogP contribution in [-0.2, 0) is 15.0 Å². The molecule has 2 amide bonds. The van der Waals surface area contributed by atoms with Crippen molar-refractivity contribution in [3.8, 4) is 0 Å². The number of halogens is 2. The number of benzene rings is 1. The Kier molecular flexibility index (Phi) is 5.70. The van der Waals surface area contributed by atoms with Crippen LogP contribution in [0.15, 0.2) is 22.7 Å². The summed E-state index contributed by atoms with van der Waals surface area (Å²) in [6.45, 7) is 10.5. The summed E-state index contributed by atoms with van der Waals surface area (Å²) >= 11 is 9.66. The number of hydrogen-bond acceptors (Lipinski definition) is 4. The molecule has 1 aliphatic carbocycles. The number of carbonyl (C=O) groups excluding carboxylic acids is 2. The van der Waals surface area contributed by atoms with E-state index in [4.69, 9.17) is 21.1 Å². The van der Waals surface area contributed by atoms with Gasteiger partial charge in [0.25, 0.3) is 0 Å². The molecule has 7 heteroatoms. The molecule has 0 heterocycles. The largest absolute Gasteiger partial charge is 0.443 e. The van der Waals surface area contributed by atoms with Crippen molar-refractivity contribution in [3.05, 3.63) is 33.3 Å². The molecule has 26 heavy (non-hydrogen) atoms. The highest BCUT2D eigenvalue weighted by Gasteiger charge is 2.57. The summed E-state index contributed by atoms with van der Waals surface area (Å²) < 4.78 is 11.8. The van der Waals surface area contributed by atoms with E-state index < -0.39 is 28.9 Å². The maximum atomic E-state index is 12.9. The third-order valence-electron chi connectivity index (χ3n) is 3.73. The number of rotatable bonds is 2. The number of nitrogens with zero attached hydrogens (tertiary/aromatic N) is 1. The van der Waals surface area contributed by atoms with Gasteiger partial charge in [0.15, 0.2) is 0 Å². The maximum Gasteiger partial charge on any atom is 0.420 e. The molecule has 0 radical (unpaired) electrons. The minimum Gasteiger partial charge on any atom is -0.443 e. The van der Waals surface area contributed by atoms with Gasteiger partial charge < -0.3 is 9.47 Å². The second-order valence-electron chi connectivity index (χ2n) is 8.45. The van der Waals surface area contributed by atoms with Crippen molar-refractivity contribution < 1.29 is 19.1 Å². The molecule has 1 aliphatic rings. The van der Waals surface area contributed by atoms with Crippen LogP contribution in [0.2, 0.25) is 5.02 Å². The zero-order chi connectivity index (χ0) is 19.9. The lowest BCUT2D eigenvalue weighted by atomic mass is 10.0. The summed E-state index contributed by atoms with van der Waals surface area (Å²) in [7, 11) is 0. The van der Waals surface area contributed by atoms with E-state index in [9.17, 15) is 9.59 Å². The van der Waals surface area contributed by atoms with Crippen LogP contribution in [0.5, 0.6) is 0 Å². The summed E-state index contributed by atoms with van der Waals surface area (Å²) in [6, 6.07) is 5.32. The Labute approximate surface area is 168 Å². The van der Waals surface area contributed by atoms with Crippen LogP contribution < -0.4 is 0 Å². The molecule has 0 aliphatic heterocycles. The molecule has 144 valence electrons. The SMILES string of the molecule is CC(C)(C)OC(=O)N(C(=O)OC(C)(C)C)C1(c2cc(Cl)ccc2Br)CC1. The first-order chi connectivity index (χ1) is 11.8. The van der Waals surface area contributed by atoms with Crippen molar-refractivity contribution in [2.75, 3.05) is 0 Å². The van der Waals surface area contributed by atoms with E-state index in [0.717, 1.165) is 14.9 Å². The van der Waals surface area contributed by atoms with E-state index >= 15 is 0 Å². The third kappa shape index (κ3) is 4.92. The first-order valence-electron chi connectivity index (χ1n) is 8.47. The fraction of sp³-hybridized carbons (Fsp3) is 0.579. The highest BCUT2D eigenvalue weighted by atomic mass is 79.9. The molecule has 0 spiro atoms. The van der Waals surface area contributed by atoms with Crippen molar-refractivity contribution in [3.63, 3.8) is 0 Å². The summed E-state index contributed by atoms with van der Waals surface area (Å²) in [5.74, 6) is 0. The number of hydrogen-bond donors (Lipinski definition) is 0. The molecule has 0 bridgehead atoms. The molecular weight excluding hydrogens is 422 g/mol. The van der Waals surface area contributed by atoms with Crippen LogP contribution >= 0.6 is 27.5 Å². The first-order valence-corrected chi connectivity index (χ1v) is 9.64. The standard InChI is InChI=1S/C19H25BrClNO4/c1-17(2,3)25-15(23)22(16(24)26-18(4,5)6)19(9-10-19)13-11-12(21)7-8-14(13)20/h7-8,11H,9-10H2,1-6H3. The van der Waals surface area contributed by atoms with Gasteiger partial charge in [-0.1, -0.05) is 27.5 Å². The van der Waals surface area contributed by atoms with E-state index in [1.165, 1.54) is 0 Å². The van der Waals surface area contributed by atoms with Crippen LogP contribution in [0.25, 0.3) is 0 Å². The van der Waals surface area contributed by atoms with Crippen LogP contribution in [-0.4, -0.2) is 28.3 Å². The zero-order valence-electron chi connectivity index (χ0n) is 16.0. The highest BCUT2D eigenvalue weighted by Crippen LogP contribution is 2.54. The quantitative estimate of drug-likeness (QED) is 0.537. The Hall–Kier alpha value is -1.27. The molecule has 1 aromatic rings. The fourth-order valence-electron chi connectivity index (χ4n) is 2.63. The smallest absolute Gasteiger partial charge is 0.420 e. The second kappa shape index (κ2) is 7.04. The predicted molar refractivity (Wildman–Crippen MR) is 104 cm³/mol. The van der Waals surface area contributed by atoms with Gasteiger partial charge in [0.05, 0.1) is 5.54 Å². The van der Waals surface area contributed by atoms with Gasteiger partial charge in [0.2, 0.25) is 0 Å². The Bertz CT molecular complexity index is 689. The summed E-state index contributed by atoms with van der Waals surface area (Å²) in [4.78, 5) is 26.9. The van der Waals surface area contributed by atoms with Gasteiger partial charge in [0, 0.05) is 9.50 Å². The van der Waals surface area contributed by atoms with Crippen molar-refractivity contribution in [1.29, 1.82) is 0 Å². The average molecular weight is 447 g/mol. The fourth-order valence-corrected chi connectivity index (χ4v) is 3.41. The molecule has 5 nitrogen and oxygen atoms in total. The van der Waals surface area contributed by atoms with E-state index in [1.54, 1.807) is 59.7 Å². The van der Waals surface area contributed by atoms with Crippen molar-refractivity contribution in [1.82, 2.24) is 4.90 Å². The lowest BCUT2D eigenvalue weighted by Crippen LogP contribution is -2.49. The highest BCUT2D eigenvalue weighted by molar-refractivity contribution is 9.10. The van der Waals surface area contributed by atoms with Gasteiger partial charge in [-0.3, -0.25) is 0 Å². The topological polar surface area (TPSA) is 55.8 Å². The van der Waals surface area contributed by atoms with Gasteiger partial charge in [-0.25, -0.2) is 14.5 Å². The molecule has 0 atom stereocenters. The van der Waals surface area contributed by atoms with Gasteiger partial charge >= 0.3 is 12.2 Å². The molecule has 1 aromatic carbocycles. The molecule has 0 unspecified atom stereocenters. The van der Waals surface area contributed by atoms with Crippen molar-refractivity contribution in [2.24, 2.45) is 0 Å². The first kappa shape index (κ1) is 21.0. The molecule has 0 saturated heterocycles. The van der Waals surface area contributed by atoms with Gasteiger partial charge in [0.1, 0.15) is 11.2 Å². The van der Waals surface area contributed by atoms with Gasteiger partial charge in [-0.2, -0.15) is 0 Å². The molecule has 0 N–H and O–H groups in total. The van der Waals surface area contributed by atoms with Crippen molar-refractivity contribution in [2.45, 2.75) is 71.1 Å². The van der Waals surface area contributed by atoms with E-state index in [1.807, 2.05) is 0 Å². The number of imide groups is 1. The Balaban J connectivity index is 2.47. The maximum absolute atomic E-state index is 12.9. The second-order valence-corrected chi connectivity index (χ2v) is 9.74. The van der Waals surface area contributed by atoms with Crippen LogP contribution in [0.3, 0.4) is 0 Å². The van der Waals surface area contributed by atoms with Crippen LogP contribution in [0.4, 0.5) is 9.59 Å². The molecule has 1 saturated carbocycles. The van der Waals surface area contributed by atoms with E-state index in [-0.39, 0.29) is 0 Å². The minimum atomic E-state index is -0.825. The molecule has 1 fully saturated rings. The number of carbonyl (C=O) groups is 2. The Morgan fingerprint density at radius 3 is 1.88 bits per heavy atom. The van der Waals surface area contributed by atoms with Crippen molar-refractivity contribution >= 4 is 39.7 Å². The minimum absolute atomic E-state index is 0.530. The Morgan fingerprint density at radius 2 is 1.50 bits per heavy atom. The number of ether oxygens (including phenoxy) is 2. The normalized spacial score (nSPS) is 16.0. The Morgan fingerprint density at radius 1 is 1.04 bits per heavy atom. The lowest BCUT2D eigenvalue weighted by molar-refractivity contribution is -0.0110. The van der Waals surface area contributed by atoms with Gasteiger partial charge in [-0.05, 0) is 78.1 Å². The number of amides is 2. The zero-order valence-corrected chi connectivity index (χ0v) is 18.3. The third-order valence-corrected chi connectivity index (χ3v) is 4.66. The lowest BCUT2D eigenvalue weighted by Gasteiger charge is -2.34. The predicted octanol–water partition coefficient (Wildman–Crippen LogP) is 6.26. The monoisotopic (exact) mass is 445 g/mol. The summed E-state index contributed by atoms with van der Waals surface area (Å²) in [6.07, 6.45) is -0.221. The van der Waals surface area contributed by atoms with Gasteiger partial charge in [-0.15, -0.1) is 0 Å². The van der Waals surface area contributed by atoms with Crippen LogP contribution in [0, 0.1) is 0 Å².